The number of hydroxylamine groups is 2. The Morgan fingerprint density at radius 3 is 2.50 bits per heavy atom. The van der Waals surface area contributed by atoms with Gasteiger partial charge in [-0.1, -0.05) is 0 Å². The summed E-state index contributed by atoms with van der Waals surface area (Å²) in [6.45, 7) is 5.87. The Morgan fingerprint density at radius 2 is 2.00 bits per heavy atom. The number of hydrogen-bond donors (Lipinski definition) is 0. The lowest BCUT2D eigenvalue weighted by Gasteiger charge is -2.29. The standard InChI is InChI=1S/C10H18NO3/c1-10(2,3)14-9(12)8-6-4-5-7-11(8)13/h8H,4-7H2,1-3H3. The van der Waals surface area contributed by atoms with E-state index in [1.165, 1.54) is 0 Å². The first-order valence-electron chi connectivity index (χ1n) is 5.07. The summed E-state index contributed by atoms with van der Waals surface area (Å²) in [6.07, 6.45) is 2.43. The molecule has 1 aliphatic heterocycles. The van der Waals surface area contributed by atoms with Crippen molar-refractivity contribution in [3.8, 4) is 0 Å². The topological polar surface area (TPSA) is 49.4 Å². The molecule has 0 aromatic carbocycles. The number of ether oxygens (including phenoxy) is 1. The van der Waals surface area contributed by atoms with Crippen molar-refractivity contribution in [2.24, 2.45) is 0 Å². The van der Waals surface area contributed by atoms with E-state index in [0.29, 0.717) is 13.0 Å². The van der Waals surface area contributed by atoms with E-state index in [1.807, 2.05) is 20.8 Å². The molecule has 1 fully saturated rings. The van der Waals surface area contributed by atoms with E-state index in [2.05, 4.69) is 0 Å². The van der Waals surface area contributed by atoms with Crippen LogP contribution in [0, 0.1) is 0 Å². The van der Waals surface area contributed by atoms with Crippen molar-refractivity contribution in [2.75, 3.05) is 6.54 Å². The quantitative estimate of drug-likeness (QED) is 0.603. The normalized spacial score (nSPS) is 24.7. The molecule has 1 rings (SSSR count). The molecule has 0 amide bonds. The zero-order valence-corrected chi connectivity index (χ0v) is 9.08. The van der Waals surface area contributed by atoms with Crippen LogP contribution in [-0.2, 0) is 14.7 Å². The maximum atomic E-state index is 11.6. The molecule has 0 bridgehead atoms. The molecule has 0 aromatic rings. The van der Waals surface area contributed by atoms with Gasteiger partial charge in [0.25, 0.3) is 0 Å². The Kier molecular flexibility index (Phi) is 3.50. The minimum absolute atomic E-state index is 0.382. The fourth-order valence-electron chi connectivity index (χ4n) is 1.51. The second-order valence-electron chi connectivity index (χ2n) is 4.69. The third kappa shape index (κ3) is 3.27. The predicted octanol–water partition coefficient (Wildman–Crippen LogP) is 1.53. The molecule has 0 aliphatic carbocycles. The van der Waals surface area contributed by atoms with E-state index in [1.54, 1.807) is 0 Å². The first kappa shape index (κ1) is 11.5. The Hall–Kier alpha value is -0.610. The van der Waals surface area contributed by atoms with Gasteiger partial charge in [-0.05, 0) is 40.0 Å². The SMILES string of the molecule is CC(C)(C)OC(=O)C1CCCCN1[O]. The first-order valence-corrected chi connectivity index (χ1v) is 5.07. The Balaban J connectivity index is 2.50. The Morgan fingerprint density at radius 1 is 1.36 bits per heavy atom. The summed E-state index contributed by atoms with van der Waals surface area (Å²) in [5.41, 5.74) is -0.505. The van der Waals surface area contributed by atoms with Gasteiger partial charge in [0.05, 0.1) is 0 Å². The van der Waals surface area contributed by atoms with Gasteiger partial charge in [0.1, 0.15) is 11.6 Å². The molecule has 4 nitrogen and oxygen atoms in total. The summed E-state index contributed by atoms with van der Waals surface area (Å²) in [6, 6.07) is -0.581. The monoisotopic (exact) mass is 200 g/mol. The molecule has 14 heavy (non-hydrogen) atoms. The fourth-order valence-corrected chi connectivity index (χ4v) is 1.51. The highest BCUT2D eigenvalue weighted by molar-refractivity contribution is 5.76. The molecule has 1 radical (unpaired) electrons. The number of esters is 1. The van der Waals surface area contributed by atoms with Crippen LogP contribution in [-0.4, -0.2) is 29.2 Å². The molecule has 81 valence electrons. The van der Waals surface area contributed by atoms with Gasteiger partial charge in [-0.3, -0.25) is 4.79 Å². The molecular weight excluding hydrogens is 182 g/mol. The van der Waals surface area contributed by atoms with Gasteiger partial charge in [0.15, 0.2) is 0 Å². The summed E-state index contributed by atoms with van der Waals surface area (Å²) in [4.78, 5) is 11.6. The van der Waals surface area contributed by atoms with Crippen LogP contribution in [0.4, 0.5) is 0 Å². The van der Waals surface area contributed by atoms with Gasteiger partial charge >= 0.3 is 5.97 Å². The minimum atomic E-state index is -0.581. The van der Waals surface area contributed by atoms with Crippen LogP contribution >= 0.6 is 0 Å². The highest BCUT2D eigenvalue weighted by Gasteiger charge is 2.32. The van der Waals surface area contributed by atoms with Crippen LogP contribution in [0.5, 0.6) is 0 Å². The largest absolute Gasteiger partial charge is 0.459 e. The van der Waals surface area contributed by atoms with Gasteiger partial charge in [-0.15, -0.1) is 10.3 Å². The highest BCUT2D eigenvalue weighted by atomic mass is 16.6. The number of rotatable bonds is 1. The van der Waals surface area contributed by atoms with Crippen LogP contribution in [0.1, 0.15) is 40.0 Å². The van der Waals surface area contributed by atoms with E-state index in [-0.39, 0.29) is 5.97 Å². The van der Waals surface area contributed by atoms with Crippen molar-refractivity contribution in [1.29, 1.82) is 0 Å². The second kappa shape index (κ2) is 4.28. The van der Waals surface area contributed by atoms with Gasteiger partial charge < -0.3 is 4.74 Å². The molecule has 1 aliphatic rings. The lowest BCUT2D eigenvalue weighted by molar-refractivity contribution is -0.217. The Labute approximate surface area is 84.8 Å². The van der Waals surface area contributed by atoms with Crippen LogP contribution in [0.2, 0.25) is 0 Å². The van der Waals surface area contributed by atoms with Crippen molar-refractivity contribution in [3.05, 3.63) is 0 Å². The first-order chi connectivity index (χ1) is 6.40. The summed E-state index contributed by atoms with van der Waals surface area (Å²) in [7, 11) is 0. The molecule has 1 atom stereocenters. The molecule has 1 unspecified atom stereocenters. The fraction of sp³-hybridized carbons (Fsp3) is 0.900. The van der Waals surface area contributed by atoms with Crippen LogP contribution in [0.15, 0.2) is 0 Å². The number of nitrogens with zero attached hydrogens (tertiary/aromatic N) is 1. The van der Waals surface area contributed by atoms with Gasteiger partial charge in [0, 0.05) is 6.54 Å². The highest BCUT2D eigenvalue weighted by Crippen LogP contribution is 2.19. The van der Waals surface area contributed by atoms with Crippen LogP contribution in [0.25, 0.3) is 0 Å². The van der Waals surface area contributed by atoms with Crippen LogP contribution < -0.4 is 0 Å². The van der Waals surface area contributed by atoms with Crippen LogP contribution in [0.3, 0.4) is 0 Å². The zero-order chi connectivity index (χ0) is 10.8. The van der Waals surface area contributed by atoms with Gasteiger partial charge in [-0.2, -0.15) is 0 Å². The molecule has 0 saturated carbocycles. The summed E-state index contributed by atoms with van der Waals surface area (Å²) in [5, 5.41) is 12.2. The van der Waals surface area contributed by atoms with E-state index in [0.717, 1.165) is 17.9 Å². The van der Waals surface area contributed by atoms with E-state index in [9.17, 15) is 10.0 Å². The smallest absolute Gasteiger partial charge is 0.326 e. The van der Waals surface area contributed by atoms with E-state index in [4.69, 9.17) is 4.74 Å². The number of hydrogen-bond acceptors (Lipinski definition) is 3. The molecule has 0 aromatic heterocycles. The minimum Gasteiger partial charge on any atom is -0.459 e. The molecular formula is C10H18NO3. The predicted molar refractivity (Wildman–Crippen MR) is 50.9 cm³/mol. The molecule has 1 heterocycles. The van der Waals surface area contributed by atoms with Crippen molar-refractivity contribution >= 4 is 5.97 Å². The van der Waals surface area contributed by atoms with Gasteiger partial charge in [-0.25, -0.2) is 0 Å². The molecule has 0 N–H and O–H groups in total. The zero-order valence-electron chi connectivity index (χ0n) is 9.08. The number of carbonyl (C=O) groups excluding carboxylic acids is 1. The number of piperidine rings is 1. The summed E-state index contributed by atoms with van der Waals surface area (Å²) in [5.74, 6) is -0.382. The number of carbonyl (C=O) groups is 1. The van der Waals surface area contributed by atoms with Gasteiger partial charge in [0.2, 0.25) is 0 Å². The molecule has 4 heteroatoms. The van der Waals surface area contributed by atoms with E-state index < -0.39 is 11.6 Å². The maximum absolute atomic E-state index is 11.6. The lowest BCUT2D eigenvalue weighted by Crippen LogP contribution is -2.44. The summed E-state index contributed by atoms with van der Waals surface area (Å²) >= 11 is 0. The van der Waals surface area contributed by atoms with Crippen molar-refractivity contribution < 1.29 is 14.7 Å². The third-order valence-electron chi connectivity index (χ3n) is 2.13. The van der Waals surface area contributed by atoms with Crippen molar-refractivity contribution in [3.63, 3.8) is 0 Å². The van der Waals surface area contributed by atoms with E-state index >= 15 is 0 Å². The average Bonchev–Trinajstić information content (AvgIpc) is 2.01. The lowest BCUT2D eigenvalue weighted by atomic mass is 10.0. The molecule has 1 saturated heterocycles. The van der Waals surface area contributed by atoms with Crippen molar-refractivity contribution in [2.45, 2.75) is 51.7 Å². The van der Waals surface area contributed by atoms with Crippen molar-refractivity contribution in [1.82, 2.24) is 5.06 Å². The second-order valence-corrected chi connectivity index (χ2v) is 4.69. The summed E-state index contributed by atoms with van der Waals surface area (Å²) < 4.78 is 5.17. The maximum Gasteiger partial charge on any atom is 0.326 e. The Bertz CT molecular complexity index is 210. The third-order valence-corrected chi connectivity index (χ3v) is 2.13. The average molecular weight is 200 g/mol. The molecule has 0 spiro atoms.